The first-order chi connectivity index (χ1) is 13.8. The minimum Gasteiger partial charge on any atom is -0.468 e. The van der Waals surface area contributed by atoms with E-state index < -0.39 is 10.0 Å². The highest BCUT2D eigenvalue weighted by Gasteiger charge is 2.29. The van der Waals surface area contributed by atoms with Crippen molar-refractivity contribution in [3.63, 3.8) is 0 Å². The Bertz CT molecular complexity index is 884. The second kappa shape index (κ2) is 9.42. The lowest BCUT2D eigenvalue weighted by atomic mass is 10.1. The molecule has 1 saturated heterocycles. The summed E-state index contributed by atoms with van der Waals surface area (Å²) >= 11 is 0. The fraction of sp³-hybridized carbons (Fsp3) is 0.650. The number of nitrogens with zero attached hydrogens (tertiary/aromatic N) is 4. The molecule has 0 bridgehead atoms. The van der Waals surface area contributed by atoms with Crippen molar-refractivity contribution >= 4 is 10.0 Å². The number of nitrogens with one attached hydrogen (secondary N) is 1. The third-order valence-electron chi connectivity index (χ3n) is 5.51. The minimum atomic E-state index is -3.68. The number of rotatable bonds is 9. The summed E-state index contributed by atoms with van der Waals surface area (Å²) in [7, 11) is 0.293. The smallest absolute Gasteiger partial charge is 0.244 e. The number of likely N-dealkylation sites (tertiary alicyclic amines) is 1. The SMILES string of the molecule is Cc1nn(CCN(C)C)c(C)c1S(=O)(=O)NC[C@@H](c1ccco1)N1CCCCC1. The molecule has 1 aliphatic rings. The van der Waals surface area contributed by atoms with E-state index in [2.05, 4.69) is 19.6 Å². The molecular formula is C20H33N5O3S. The molecule has 0 aromatic carbocycles. The van der Waals surface area contributed by atoms with Gasteiger partial charge in [0.05, 0.1) is 30.2 Å². The van der Waals surface area contributed by atoms with E-state index in [1.165, 1.54) is 6.42 Å². The Labute approximate surface area is 173 Å². The van der Waals surface area contributed by atoms with Crippen LogP contribution in [-0.2, 0) is 16.6 Å². The number of aryl methyl sites for hydroxylation is 1. The Kier molecular flexibility index (Phi) is 7.15. The van der Waals surface area contributed by atoms with Crippen LogP contribution in [0.25, 0.3) is 0 Å². The standard InChI is InChI=1S/C20H33N5O3S/c1-16-20(17(2)25(22-16)13-12-23(3)4)29(26,27)21-15-18(19-9-8-14-28-19)24-10-6-5-7-11-24/h8-9,14,18,21H,5-7,10-13,15H2,1-4H3/t18-/m0/s1. The number of likely N-dealkylation sites (N-methyl/N-ethyl adjacent to an activating group) is 1. The highest BCUT2D eigenvalue weighted by molar-refractivity contribution is 7.89. The molecule has 1 aliphatic heterocycles. The van der Waals surface area contributed by atoms with Gasteiger partial charge in [-0.15, -0.1) is 0 Å². The molecule has 2 aromatic heterocycles. The molecule has 1 fully saturated rings. The van der Waals surface area contributed by atoms with E-state index in [0.29, 0.717) is 17.9 Å². The van der Waals surface area contributed by atoms with Gasteiger partial charge in [0.25, 0.3) is 0 Å². The molecule has 0 saturated carbocycles. The van der Waals surface area contributed by atoms with Gasteiger partial charge in [-0.2, -0.15) is 5.10 Å². The molecule has 1 N–H and O–H groups in total. The topological polar surface area (TPSA) is 83.6 Å². The van der Waals surface area contributed by atoms with Crippen molar-refractivity contribution in [3.8, 4) is 0 Å². The normalized spacial score (nSPS) is 17.1. The van der Waals surface area contributed by atoms with Gasteiger partial charge < -0.3 is 9.32 Å². The number of furan rings is 1. The summed E-state index contributed by atoms with van der Waals surface area (Å²) in [6.07, 6.45) is 5.11. The summed E-state index contributed by atoms with van der Waals surface area (Å²) < 4.78 is 36.5. The second-order valence-electron chi connectivity index (χ2n) is 8.01. The van der Waals surface area contributed by atoms with Gasteiger partial charge in [-0.3, -0.25) is 9.58 Å². The lowest BCUT2D eigenvalue weighted by Crippen LogP contribution is -2.40. The van der Waals surface area contributed by atoms with Crippen molar-refractivity contribution in [2.75, 3.05) is 40.3 Å². The minimum absolute atomic E-state index is 0.107. The van der Waals surface area contributed by atoms with Crippen molar-refractivity contribution in [1.82, 2.24) is 24.3 Å². The summed E-state index contributed by atoms with van der Waals surface area (Å²) in [6.45, 7) is 7.20. The monoisotopic (exact) mass is 423 g/mol. The predicted octanol–water partition coefficient (Wildman–Crippen LogP) is 2.16. The predicted molar refractivity (Wildman–Crippen MR) is 112 cm³/mol. The van der Waals surface area contributed by atoms with Crippen LogP contribution >= 0.6 is 0 Å². The van der Waals surface area contributed by atoms with Gasteiger partial charge in [-0.25, -0.2) is 13.1 Å². The van der Waals surface area contributed by atoms with Crippen LogP contribution in [0.15, 0.2) is 27.7 Å². The van der Waals surface area contributed by atoms with Crippen LogP contribution in [0.5, 0.6) is 0 Å². The van der Waals surface area contributed by atoms with Crippen LogP contribution in [-0.4, -0.2) is 68.3 Å². The first kappa shape index (κ1) is 22.0. The molecule has 29 heavy (non-hydrogen) atoms. The summed E-state index contributed by atoms with van der Waals surface area (Å²) in [5, 5.41) is 4.46. The van der Waals surface area contributed by atoms with Gasteiger partial charge in [-0.1, -0.05) is 6.42 Å². The molecule has 0 unspecified atom stereocenters. The molecular weight excluding hydrogens is 390 g/mol. The fourth-order valence-electron chi connectivity index (χ4n) is 3.96. The number of piperidine rings is 1. The molecule has 162 valence electrons. The Morgan fingerprint density at radius 3 is 2.59 bits per heavy atom. The van der Waals surface area contributed by atoms with Crippen LogP contribution in [0.1, 0.15) is 42.5 Å². The van der Waals surface area contributed by atoms with E-state index in [0.717, 1.165) is 38.2 Å². The fourth-order valence-corrected chi connectivity index (χ4v) is 5.41. The molecule has 3 heterocycles. The lowest BCUT2D eigenvalue weighted by Gasteiger charge is -2.33. The summed E-state index contributed by atoms with van der Waals surface area (Å²) in [5.41, 5.74) is 1.20. The largest absolute Gasteiger partial charge is 0.468 e. The number of hydrogen-bond acceptors (Lipinski definition) is 6. The summed E-state index contributed by atoms with van der Waals surface area (Å²) in [6, 6.07) is 3.66. The van der Waals surface area contributed by atoms with Gasteiger partial charge in [-0.05, 0) is 66.0 Å². The number of aromatic nitrogens is 2. The van der Waals surface area contributed by atoms with Gasteiger partial charge in [0, 0.05) is 13.1 Å². The maximum absolute atomic E-state index is 13.2. The molecule has 0 spiro atoms. The van der Waals surface area contributed by atoms with Crippen molar-refractivity contribution in [3.05, 3.63) is 35.5 Å². The maximum Gasteiger partial charge on any atom is 0.244 e. The summed E-state index contributed by atoms with van der Waals surface area (Å²) in [4.78, 5) is 4.65. The quantitative estimate of drug-likeness (QED) is 0.665. The Morgan fingerprint density at radius 2 is 1.97 bits per heavy atom. The molecule has 0 amide bonds. The third kappa shape index (κ3) is 5.28. The first-order valence-electron chi connectivity index (χ1n) is 10.3. The van der Waals surface area contributed by atoms with Gasteiger partial charge >= 0.3 is 0 Å². The Hall–Kier alpha value is -1.68. The molecule has 1 atom stereocenters. The van der Waals surface area contributed by atoms with Crippen molar-refractivity contribution < 1.29 is 12.8 Å². The van der Waals surface area contributed by atoms with E-state index in [4.69, 9.17) is 4.42 Å². The van der Waals surface area contributed by atoms with Gasteiger partial charge in [0.1, 0.15) is 10.7 Å². The van der Waals surface area contributed by atoms with E-state index in [1.54, 1.807) is 17.9 Å². The van der Waals surface area contributed by atoms with Crippen LogP contribution in [0, 0.1) is 13.8 Å². The molecule has 2 aromatic rings. The molecule has 9 heteroatoms. The average Bonchev–Trinajstić information content (AvgIpc) is 3.29. The Balaban J connectivity index is 1.77. The zero-order chi connectivity index (χ0) is 21.0. The molecule has 8 nitrogen and oxygen atoms in total. The zero-order valence-corrected chi connectivity index (χ0v) is 18.7. The molecule has 0 radical (unpaired) electrons. The zero-order valence-electron chi connectivity index (χ0n) is 17.9. The van der Waals surface area contributed by atoms with Gasteiger partial charge in [0.15, 0.2) is 0 Å². The average molecular weight is 424 g/mol. The highest BCUT2D eigenvalue weighted by Crippen LogP contribution is 2.26. The van der Waals surface area contributed by atoms with Gasteiger partial charge in [0.2, 0.25) is 10.0 Å². The lowest BCUT2D eigenvalue weighted by molar-refractivity contribution is 0.147. The van der Waals surface area contributed by atoms with Crippen molar-refractivity contribution in [1.29, 1.82) is 0 Å². The van der Waals surface area contributed by atoms with Crippen LogP contribution < -0.4 is 4.72 Å². The molecule has 0 aliphatic carbocycles. The number of hydrogen-bond donors (Lipinski definition) is 1. The van der Waals surface area contributed by atoms with Crippen LogP contribution in [0.3, 0.4) is 0 Å². The summed E-state index contributed by atoms with van der Waals surface area (Å²) in [5.74, 6) is 0.796. The van der Waals surface area contributed by atoms with Crippen molar-refractivity contribution in [2.45, 2.75) is 50.6 Å². The maximum atomic E-state index is 13.2. The van der Waals surface area contributed by atoms with E-state index >= 15 is 0 Å². The Morgan fingerprint density at radius 1 is 1.24 bits per heavy atom. The second-order valence-corrected chi connectivity index (χ2v) is 9.71. The highest BCUT2D eigenvalue weighted by atomic mass is 32.2. The van der Waals surface area contributed by atoms with Crippen LogP contribution in [0.4, 0.5) is 0 Å². The van der Waals surface area contributed by atoms with Crippen LogP contribution in [0.2, 0.25) is 0 Å². The van der Waals surface area contributed by atoms with E-state index in [-0.39, 0.29) is 17.5 Å². The first-order valence-corrected chi connectivity index (χ1v) is 11.7. The third-order valence-corrected chi connectivity index (χ3v) is 7.19. The van der Waals surface area contributed by atoms with Crippen molar-refractivity contribution in [2.24, 2.45) is 0 Å². The number of sulfonamides is 1. The molecule has 3 rings (SSSR count). The van der Waals surface area contributed by atoms with E-state index in [9.17, 15) is 8.42 Å². The van der Waals surface area contributed by atoms with E-state index in [1.807, 2.05) is 33.2 Å².